The van der Waals surface area contributed by atoms with Crippen LogP contribution in [0, 0.1) is 0 Å². The highest BCUT2D eigenvalue weighted by atomic mass is 35.5. The SMILES string of the molecule is C[N+](C)(C)CCO.Nc1ccnc(C(=O)[O-])c1Cl. The highest BCUT2D eigenvalue weighted by Crippen LogP contribution is 2.19. The van der Waals surface area contributed by atoms with E-state index in [0.717, 1.165) is 11.0 Å². The van der Waals surface area contributed by atoms with E-state index in [9.17, 15) is 9.90 Å². The molecular weight excluding hydrogens is 258 g/mol. The largest absolute Gasteiger partial charge is 0.543 e. The van der Waals surface area contributed by atoms with Crippen molar-refractivity contribution in [2.75, 3.05) is 40.0 Å². The first-order valence-corrected chi connectivity index (χ1v) is 5.59. The third-order valence-corrected chi connectivity index (χ3v) is 2.28. The third-order valence-electron chi connectivity index (χ3n) is 1.88. The number of carbonyl (C=O) groups is 1. The predicted octanol–water partition coefficient (Wildman–Crippen LogP) is -0.634. The van der Waals surface area contributed by atoms with Crippen LogP contribution in [0.3, 0.4) is 0 Å². The van der Waals surface area contributed by atoms with Crippen molar-refractivity contribution in [1.29, 1.82) is 0 Å². The molecule has 0 fully saturated rings. The maximum atomic E-state index is 10.3. The summed E-state index contributed by atoms with van der Waals surface area (Å²) in [5.74, 6) is -1.43. The molecule has 0 bridgehead atoms. The molecule has 0 aliphatic heterocycles. The van der Waals surface area contributed by atoms with E-state index in [2.05, 4.69) is 26.1 Å². The fraction of sp³-hybridized carbons (Fsp3) is 0.455. The van der Waals surface area contributed by atoms with E-state index in [1.807, 2.05) is 0 Å². The van der Waals surface area contributed by atoms with Crippen molar-refractivity contribution in [2.24, 2.45) is 0 Å². The van der Waals surface area contributed by atoms with Gasteiger partial charge in [-0.25, -0.2) is 0 Å². The lowest BCUT2D eigenvalue weighted by atomic mass is 10.3. The van der Waals surface area contributed by atoms with Crippen LogP contribution in [0.25, 0.3) is 0 Å². The van der Waals surface area contributed by atoms with Crippen LogP contribution in [0.15, 0.2) is 12.3 Å². The summed E-state index contributed by atoms with van der Waals surface area (Å²) < 4.78 is 0.844. The van der Waals surface area contributed by atoms with Gasteiger partial charge in [-0.2, -0.15) is 0 Å². The Kier molecular flexibility index (Phi) is 6.61. The van der Waals surface area contributed by atoms with E-state index >= 15 is 0 Å². The smallest absolute Gasteiger partial charge is 0.106 e. The lowest BCUT2D eigenvalue weighted by molar-refractivity contribution is -0.870. The first-order chi connectivity index (χ1) is 8.19. The van der Waals surface area contributed by atoms with E-state index < -0.39 is 5.97 Å². The molecule has 3 N–H and O–H groups in total. The number of aliphatic hydroxyl groups is 1. The van der Waals surface area contributed by atoms with Crippen LogP contribution in [0.1, 0.15) is 10.5 Å². The zero-order chi connectivity index (χ0) is 14.3. The molecule has 1 rings (SSSR count). The maximum absolute atomic E-state index is 10.3. The number of halogens is 1. The van der Waals surface area contributed by atoms with Crippen molar-refractivity contribution in [3.05, 3.63) is 23.0 Å². The van der Waals surface area contributed by atoms with Crippen molar-refractivity contribution >= 4 is 23.3 Å². The molecular formula is C11H18ClN3O3. The number of carboxylic acids is 1. The van der Waals surface area contributed by atoms with Crippen LogP contribution in [-0.4, -0.2) is 54.8 Å². The van der Waals surface area contributed by atoms with Gasteiger partial charge in [0, 0.05) is 6.20 Å². The number of aliphatic hydroxyl groups excluding tert-OH is 1. The molecule has 1 aromatic rings. The number of carboxylic acid groups (broad SMARTS) is 1. The molecule has 0 saturated heterocycles. The minimum atomic E-state index is -1.43. The molecule has 7 heteroatoms. The number of aromatic nitrogens is 1. The van der Waals surface area contributed by atoms with E-state index in [-0.39, 0.29) is 23.0 Å². The highest BCUT2D eigenvalue weighted by molar-refractivity contribution is 6.35. The van der Waals surface area contributed by atoms with Crippen molar-refractivity contribution in [3.63, 3.8) is 0 Å². The van der Waals surface area contributed by atoms with E-state index in [1.54, 1.807) is 0 Å². The Morgan fingerprint density at radius 3 is 2.39 bits per heavy atom. The number of likely N-dealkylation sites (N-methyl/N-ethyl adjacent to an activating group) is 1. The van der Waals surface area contributed by atoms with Crippen LogP contribution >= 0.6 is 11.6 Å². The average Bonchev–Trinajstić information content (AvgIpc) is 2.20. The minimum absolute atomic E-state index is 0.0764. The number of hydrogen-bond acceptors (Lipinski definition) is 5. The van der Waals surface area contributed by atoms with Gasteiger partial charge in [0.2, 0.25) is 0 Å². The summed E-state index contributed by atoms with van der Waals surface area (Å²) in [7, 11) is 6.16. The molecule has 0 amide bonds. The third kappa shape index (κ3) is 6.39. The molecule has 6 nitrogen and oxygen atoms in total. The van der Waals surface area contributed by atoms with Crippen LogP contribution in [-0.2, 0) is 0 Å². The second kappa shape index (κ2) is 7.15. The normalized spacial score (nSPS) is 10.5. The molecule has 0 aromatic carbocycles. The Morgan fingerprint density at radius 2 is 2.11 bits per heavy atom. The second-order valence-electron chi connectivity index (χ2n) is 4.59. The first-order valence-electron chi connectivity index (χ1n) is 5.21. The van der Waals surface area contributed by atoms with Crippen LogP contribution in [0.4, 0.5) is 5.69 Å². The standard InChI is InChI=1S/C6H5ClN2O2.C5H14NO/c7-4-3(8)1-2-9-5(4)6(10)11;1-6(2,3)4-5-7/h1-2H,(H2,8,9)(H,10,11);7H,4-5H2,1-3H3/q;+1/p-1. The average molecular weight is 276 g/mol. The topological polar surface area (TPSA) is 99.3 Å². The fourth-order valence-electron chi connectivity index (χ4n) is 0.901. The van der Waals surface area contributed by atoms with Gasteiger partial charge in [-0.15, -0.1) is 0 Å². The summed E-state index contributed by atoms with van der Waals surface area (Å²) in [6.07, 6.45) is 1.26. The van der Waals surface area contributed by atoms with Gasteiger partial charge in [-0.3, -0.25) is 4.98 Å². The highest BCUT2D eigenvalue weighted by Gasteiger charge is 2.04. The zero-order valence-electron chi connectivity index (χ0n) is 10.7. The molecule has 0 spiro atoms. The molecule has 102 valence electrons. The molecule has 0 aliphatic carbocycles. The predicted molar refractivity (Wildman–Crippen MR) is 68.0 cm³/mol. The number of pyridine rings is 1. The summed E-state index contributed by atoms with van der Waals surface area (Å²) in [6.45, 7) is 1.11. The lowest BCUT2D eigenvalue weighted by Gasteiger charge is -2.21. The van der Waals surface area contributed by atoms with E-state index in [4.69, 9.17) is 22.4 Å². The Hall–Kier alpha value is -1.37. The molecule has 18 heavy (non-hydrogen) atoms. The maximum Gasteiger partial charge on any atom is 0.106 e. The van der Waals surface area contributed by atoms with Crippen LogP contribution in [0.5, 0.6) is 0 Å². The summed E-state index contributed by atoms with van der Waals surface area (Å²) in [5, 5.41) is 18.6. The molecule has 0 saturated carbocycles. The van der Waals surface area contributed by atoms with Crippen molar-refractivity contribution in [3.8, 4) is 0 Å². The minimum Gasteiger partial charge on any atom is -0.543 e. The van der Waals surface area contributed by atoms with Crippen molar-refractivity contribution in [2.45, 2.75) is 0 Å². The number of aromatic carboxylic acids is 1. The lowest BCUT2D eigenvalue weighted by Crippen LogP contribution is -2.36. The van der Waals surface area contributed by atoms with Crippen molar-refractivity contribution < 1.29 is 19.5 Å². The number of hydrogen-bond donors (Lipinski definition) is 2. The fourth-order valence-corrected chi connectivity index (χ4v) is 1.09. The van der Waals surface area contributed by atoms with Crippen LogP contribution in [0.2, 0.25) is 5.02 Å². The number of nitrogens with zero attached hydrogens (tertiary/aromatic N) is 2. The van der Waals surface area contributed by atoms with Gasteiger partial charge in [-0.05, 0) is 6.07 Å². The first kappa shape index (κ1) is 16.6. The molecule has 1 heterocycles. The van der Waals surface area contributed by atoms with Gasteiger partial charge < -0.3 is 25.2 Å². The Morgan fingerprint density at radius 1 is 1.56 bits per heavy atom. The zero-order valence-corrected chi connectivity index (χ0v) is 11.4. The number of quaternary nitrogens is 1. The molecule has 0 unspecified atom stereocenters. The van der Waals surface area contributed by atoms with Gasteiger partial charge in [0.1, 0.15) is 12.2 Å². The Bertz CT molecular complexity index is 405. The van der Waals surface area contributed by atoms with Gasteiger partial charge in [0.25, 0.3) is 0 Å². The molecule has 0 radical (unpaired) electrons. The Balaban J connectivity index is 0.000000360. The number of anilines is 1. The summed E-state index contributed by atoms with van der Waals surface area (Å²) in [5.41, 5.74) is 5.15. The van der Waals surface area contributed by atoms with E-state index in [0.29, 0.717) is 0 Å². The molecule has 1 aromatic heterocycles. The number of nitrogens with two attached hydrogens (primary N) is 1. The van der Waals surface area contributed by atoms with Crippen LogP contribution < -0.4 is 10.8 Å². The van der Waals surface area contributed by atoms with Gasteiger partial charge in [0.05, 0.1) is 44.4 Å². The monoisotopic (exact) mass is 275 g/mol. The van der Waals surface area contributed by atoms with Gasteiger partial charge >= 0.3 is 0 Å². The van der Waals surface area contributed by atoms with Gasteiger partial charge in [0.15, 0.2) is 0 Å². The number of rotatable bonds is 3. The quantitative estimate of drug-likeness (QED) is 0.715. The number of nitrogen functional groups attached to an aromatic ring is 1. The Labute approximate surface area is 111 Å². The summed E-state index contributed by atoms with van der Waals surface area (Å²) in [4.78, 5) is 13.7. The van der Waals surface area contributed by atoms with Crippen molar-refractivity contribution in [1.82, 2.24) is 4.98 Å². The second-order valence-corrected chi connectivity index (χ2v) is 4.97. The molecule has 0 atom stereocenters. The summed E-state index contributed by atoms with van der Waals surface area (Å²) in [6, 6.07) is 1.41. The number of carbonyl (C=O) groups excluding carboxylic acids is 1. The molecule has 0 aliphatic rings. The summed E-state index contributed by atoms with van der Waals surface area (Å²) >= 11 is 5.48. The van der Waals surface area contributed by atoms with E-state index in [1.165, 1.54) is 12.3 Å². The van der Waals surface area contributed by atoms with Gasteiger partial charge in [-0.1, -0.05) is 11.6 Å².